The number of furan rings is 1. The third-order valence-corrected chi connectivity index (χ3v) is 6.69. The first kappa shape index (κ1) is 18.7. The highest BCUT2D eigenvalue weighted by Gasteiger charge is 2.21. The number of hydrogen-bond donors (Lipinski definition) is 1. The lowest BCUT2D eigenvalue weighted by atomic mass is 10.2. The van der Waals surface area contributed by atoms with Gasteiger partial charge in [0.05, 0.1) is 16.9 Å². The zero-order chi connectivity index (χ0) is 19.8. The molecule has 4 aromatic heterocycles. The fourth-order valence-electron chi connectivity index (χ4n) is 2.94. The first-order valence-corrected chi connectivity index (χ1v) is 10.4. The van der Waals surface area contributed by atoms with Crippen molar-refractivity contribution in [3.63, 3.8) is 0 Å². The Labute approximate surface area is 169 Å². The second kappa shape index (κ2) is 7.40. The van der Waals surface area contributed by atoms with Crippen molar-refractivity contribution in [2.24, 2.45) is 0 Å². The number of fused-ring (bicyclic) bond motifs is 1. The predicted molar refractivity (Wildman–Crippen MR) is 112 cm³/mol. The second-order valence-corrected chi connectivity index (χ2v) is 8.87. The summed E-state index contributed by atoms with van der Waals surface area (Å²) in [5, 5.41) is 9.85. The first-order valence-electron chi connectivity index (χ1n) is 8.74. The molecular formula is C19H19N5O2S2. The summed E-state index contributed by atoms with van der Waals surface area (Å²) in [6, 6.07) is 3.66. The molecule has 0 fully saturated rings. The molecule has 0 bridgehead atoms. The van der Waals surface area contributed by atoms with Gasteiger partial charge in [-0.1, -0.05) is 17.8 Å². The number of aromatic nitrogens is 5. The highest BCUT2D eigenvalue weighted by atomic mass is 32.2. The van der Waals surface area contributed by atoms with Crippen LogP contribution in [0, 0.1) is 13.8 Å². The average Bonchev–Trinajstić information content (AvgIpc) is 3.37. The van der Waals surface area contributed by atoms with Gasteiger partial charge in [0.1, 0.15) is 10.7 Å². The van der Waals surface area contributed by atoms with Crippen molar-refractivity contribution in [1.82, 2.24) is 24.7 Å². The van der Waals surface area contributed by atoms with Crippen molar-refractivity contribution in [3.05, 3.63) is 57.7 Å². The van der Waals surface area contributed by atoms with Crippen LogP contribution < -0.4 is 5.56 Å². The zero-order valence-electron chi connectivity index (χ0n) is 15.7. The quantitative estimate of drug-likeness (QED) is 0.370. The zero-order valence-corrected chi connectivity index (χ0v) is 17.4. The maximum absolute atomic E-state index is 12.6. The Bertz CT molecular complexity index is 1200. The summed E-state index contributed by atoms with van der Waals surface area (Å²) in [7, 11) is 0. The first-order chi connectivity index (χ1) is 13.5. The minimum absolute atomic E-state index is 0.0990. The van der Waals surface area contributed by atoms with Crippen LogP contribution in [0.1, 0.15) is 28.4 Å². The van der Waals surface area contributed by atoms with Gasteiger partial charge in [0.25, 0.3) is 5.56 Å². The van der Waals surface area contributed by atoms with Crippen molar-refractivity contribution >= 4 is 33.3 Å². The molecule has 0 aliphatic rings. The largest absolute Gasteiger partial charge is 0.461 e. The van der Waals surface area contributed by atoms with E-state index in [1.54, 1.807) is 23.7 Å². The van der Waals surface area contributed by atoms with Crippen molar-refractivity contribution in [2.45, 2.75) is 37.7 Å². The Hall–Kier alpha value is -2.65. The fraction of sp³-hybridized carbons (Fsp3) is 0.263. The van der Waals surface area contributed by atoms with Crippen LogP contribution in [0.5, 0.6) is 0 Å². The Morgan fingerprint density at radius 1 is 1.43 bits per heavy atom. The van der Waals surface area contributed by atoms with E-state index in [2.05, 4.69) is 21.8 Å². The molecule has 0 saturated carbocycles. The molecule has 0 aliphatic carbocycles. The number of aryl methyl sites for hydroxylation is 2. The Morgan fingerprint density at radius 2 is 2.25 bits per heavy atom. The second-order valence-electron chi connectivity index (χ2n) is 6.36. The van der Waals surface area contributed by atoms with Gasteiger partial charge in [-0.3, -0.25) is 9.36 Å². The number of allylic oxidation sites excluding steroid dienone is 1. The topological polar surface area (TPSA) is 89.6 Å². The Morgan fingerprint density at radius 3 is 2.96 bits per heavy atom. The number of nitrogens with one attached hydrogen (secondary N) is 1. The number of aromatic amines is 1. The maximum Gasteiger partial charge on any atom is 0.259 e. The van der Waals surface area contributed by atoms with Gasteiger partial charge in [-0.2, -0.15) is 0 Å². The molecule has 1 atom stereocenters. The van der Waals surface area contributed by atoms with Gasteiger partial charge in [0.2, 0.25) is 5.82 Å². The van der Waals surface area contributed by atoms with Gasteiger partial charge in [0.15, 0.2) is 10.9 Å². The molecule has 0 radical (unpaired) electrons. The number of H-pyrrole nitrogens is 1. The number of thiophene rings is 1. The van der Waals surface area contributed by atoms with Gasteiger partial charge in [-0.25, -0.2) is 4.98 Å². The molecule has 7 nitrogen and oxygen atoms in total. The number of thioether (sulfide) groups is 1. The van der Waals surface area contributed by atoms with Crippen molar-refractivity contribution in [1.29, 1.82) is 0 Å². The SMILES string of the molecule is C=CCn1c(S[C@H](C)c2nc3sc(C)c(C)c3c(=O)[nH]2)nnc1-c1ccco1. The van der Waals surface area contributed by atoms with E-state index >= 15 is 0 Å². The van der Waals surface area contributed by atoms with Crippen LogP contribution in [-0.2, 0) is 6.54 Å². The van der Waals surface area contributed by atoms with E-state index in [0.29, 0.717) is 34.5 Å². The molecule has 28 heavy (non-hydrogen) atoms. The van der Waals surface area contributed by atoms with E-state index in [-0.39, 0.29) is 10.8 Å². The molecule has 0 aromatic carbocycles. The van der Waals surface area contributed by atoms with Gasteiger partial charge in [0, 0.05) is 11.4 Å². The van der Waals surface area contributed by atoms with Crippen LogP contribution >= 0.6 is 23.1 Å². The van der Waals surface area contributed by atoms with E-state index in [1.165, 1.54) is 11.8 Å². The molecular weight excluding hydrogens is 394 g/mol. The van der Waals surface area contributed by atoms with E-state index in [0.717, 1.165) is 15.3 Å². The lowest BCUT2D eigenvalue weighted by Gasteiger charge is -2.11. The summed E-state index contributed by atoms with van der Waals surface area (Å²) in [6.45, 7) is 10.3. The van der Waals surface area contributed by atoms with Crippen LogP contribution in [0.3, 0.4) is 0 Å². The van der Waals surface area contributed by atoms with E-state index < -0.39 is 0 Å². The Balaban J connectivity index is 1.69. The van der Waals surface area contributed by atoms with Crippen LogP contribution in [0.15, 0.2) is 45.4 Å². The third-order valence-electron chi connectivity index (χ3n) is 4.49. The van der Waals surface area contributed by atoms with Crippen molar-refractivity contribution in [2.75, 3.05) is 0 Å². The molecule has 0 aliphatic heterocycles. The minimum atomic E-state index is -0.114. The molecule has 144 valence electrons. The van der Waals surface area contributed by atoms with Crippen LogP contribution in [0.25, 0.3) is 21.8 Å². The van der Waals surface area contributed by atoms with Crippen LogP contribution in [-0.4, -0.2) is 24.7 Å². The average molecular weight is 414 g/mol. The van der Waals surface area contributed by atoms with Crippen LogP contribution in [0.2, 0.25) is 0 Å². The van der Waals surface area contributed by atoms with E-state index in [1.807, 2.05) is 37.5 Å². The highest BCUT2D eigenvalue weighted by molar-refractivity contribution is 7.99. The fourth-order valence-corrected chi connectivity index (χ4v) is 4.89. The van der Waals surface area contributed by atoms with Crippen LogP contribution in [0.4, 0.5) is 0 Å². The monoisotopic (exact) mass is 413 g/mol. The van der Waals surface area contributed by atoms with Crippen molar-refractivity contribution < 1.29 is 4.42 Å². The highest BCUT2D eigenvalue weighted by Crippen LogP contribution is 2.35. The molecule has 4 rings (SSSR count). The minimum Gasteiger partial charge on any atom is -0.461 e. The lowest BCUT2D eigenvalue weighted by molar-refractivity contribution is 0.569. The van der Waals surface area contributed by atoms with Gasteiger partial charge >= 0.3 is 0 Å². The summed E-state index contributed by atoms with van der Waals surface area (Å²) in [6.07, 6.45) is 3.39. The van der Waals surface area contributed by atoms with E-state index in [4.69, 9.17) is 9.40 Å². The maximum atomic E-state index is 12.6. The van der Waals surface area contributed by atoms with Crippen molar-refractivity contribution in [3.8, 4) is 11.6 Å². The summed E-state index contributed by atoms with van der Waals surface area (Å²) in [5.41, 5.74) is 0.896. The van der Waals surface area contributed by atoms with E-state index in [9.17, 15) is 4.79 Å². The molecule has 4 aromatic rings. The smallest absolute Gasteiger partial charge is 0.259 e. The normalized spacial score (nSPS) is 12.5. The van der Waals surface area contributed by atoms with Gasteiger partial charge < -0.3 is 9.40 Å². The summed E-state index contributed by atoms with van der Waals surface area (Å²) in [5.74, 6) is 1.91. The predicted octanol–water partition coefficient (Wildman–Crippen LogP) is 4.49. The standard InChI is InChI=1S/C19H19N5O2S2/c1-5-8-24-16(13-7-6-9-26-13)22-23-19(24)28-12(4)15-20-17(25)14-10(2)11(3)27-18(14)21-15/h5-7,9,12H,1,8H2,2-4H3,(H,20,21,25)/t12-/m1/s1. The molecule has 4 heterocycles. The molecule has 0 amide bonds. The summed E-state index contributed by atoms with van der Waals surface area (Å²) in [4.78, 5) is 22.1. The third kappa shape index (κ3) is 3.20. The molecule has 1 N–H and O–H groups in total. The van der Waals surface area contributed by atoms with Gasteiger partial charge in [-0.15, -0.1) is 28.1 Å². The lowest BCUT2D eigenvalue weighted by Crippen LogP contribution is -2.13. The summed E-state index contributed by atoms with van der Waals surface area (Å²) >= 11 is 3.03. The number of rotatable bonds is 6. The van der Waals surface area contributed by atoms with Gasteiger partial charge in [-0.05, 0) is 38.5 Å². The number of hydrogen-bond acceptors (Lipinski definition) is 7. The number of nitrogens with zero attached hydrogens (tertiary/aromatic N) is 4. The molecule has 0 spiro atoms. The summed E-state index contributed by atoms with van der Waals surface area (Å²) < 4.78 is 7.40. The molecule has 9 heteroatoms. The molecule has 0 saturated heterocycles. The molecule has 0 unspecified atom stereocenters. The Kier molecular flexibility index (Phi) is 4.94.